The van der Waals surface area contributed by atoms with Crippen LogP contribution in [0.3, 0.4) is 0 Å². The van der Waals surface area contributed by atoms with Crippen molar-refractivity contribution in [2.45, 2.75) is 12.1 Å². The lowest BCUT2D eigenvalue weighted by atomic mass is 9.94. The first-order valence-corrected chi connectivity index (χ1v) is 5.81. The molecule has 6 heteroatoms. The standard InChI is InChI=1S/C14H12F4N2/c15-9-3-1-7(5-11(9)17)13(19)14(20)8-2-4-10(16)12(18)6-8/h1-6,13-14H,19-20H2/t13-,14-/m1/s1. The van der Waals surface area contributed by atoms with Crippen LogP contribution in [0, 0.1) is 23.3 Å². The second-order valence-corrected chi connectivity index (χ2v) is 4.40. The maximum Gasteiger partial charge on any atom is 0.159 e. The van der Waals surface area contributed by atoms with Crippen molar-refractivity contribution in [2.75, 3.05) is 0 Å². The number of halogens is 4. The number of hydrogen-bond acceptors (Lipinski definition) is 2. The lowest BCUT2D eigenvalue weighted by Gasteiger charge is -2.21. The highest BCUT2D eigenvalue weighted by Crippen LogP contribution is 2.26. The van der Waals surface area contributed by atoms with Gasteiger partial charge in [-0.15, -0.1) is 0 Å². The number of rotatable bonds is 3. The maximum absolute atomic E-state index is 13.1. The zero-order valence-corrected chi connectivity index (χ0v) is 10.3. The summed E-state index contributed by atoms with van der Waals surface area (Å²) in [6.07, 6.45) is 0. The lowest BCUT2D eigenvalue weighted by molar-refractivity contribution is 0.494. The Morgan fingerprint density at radius 1 is 0.600 bits per heavy atom. The Morgan fingerprint density at radius 2 is 0.950 bits per heavy atom. The van der Waals surface area contributed by atoms with Crippen LogP contribution in [0.2, 0.25) is 0 Å². The number of benzene rings is 2. The maximum atomic E-state index is 13.1. The molecule has 0 amide bonds. The van der Waals surface area contributed by atoms with Gasteiger partial charge in [0, 0.05) is 12.1 Å². The Bertz CT molecular complexity index is 575. The van der Waals surface area contributed by atoms with Crippen molar-refractivity contribution in [1.29, 1.82) is 0 Å². The fourth-order valence-electron chi connectivity index (χ4n) is 1.85. The fourth-order valence-corrected chi connectivity index (χ4v) is 1.85. The third kappa shape index (κ3) is 2.81. The van der Waals surface area contributed by atoms with Gasteiger partial charge in [0.05, 0.1) is 0 Å². The molecule has 0 heterocycles. The molecule has 0 bridgehead atoms. The van der Waals surface area contributed by atoms with Gasteiger partial charge in [-0.1, -0.05) is 12.1 Å². The van der Waals surface area contributed by atoms with Crippen LogP contribution in [0.15, 0.2) is 36.4 Å². The molecule has 0 saturated heterocycles. The van der Waals surface area contributed by atoms with E-state index in [2.05, 4.69) is 0 Å². The first-order valence-electron chi connectivity index (χ1n) is 5.81. The molecule has 106 valence electrons. The summed E-state index contributed by atoms with van der Waals surface area (Å²) in [5, 5.41) is 0. The van der Waals surface area contributed by atoms with Crippen molar-refractivity contribution in [2.24, 2.45) is 11.5 Å². The van der Waals surface area contributed by atoms with Crippen molar-refractivity contribution in [3.05, 3.63) is 70.8 Å². The summed E-state index contributed by atoms with van der Waals surface area (Å²) in [6.45, 7) is 0. The second kappa shape index (κ2) is 5.60. The van der Waals surface area contributed by atoms with E-state index in [9.17, 15) is 17.6 Å². The molecule has 0 unspecified atom stereocenters. The fraction of sp³-hybridized carbons (Fsp3) is 0.143. The smallest absolute Gasteiger partial charge is 0.159 e. The summed E-state index contributed by atoms with van der Waals surface area (Å²) < 4.78 is 52.0. The summed E-state index contributed by atoms with van der Waals surface area (Å²) in [5.74, 6) is -4.09. The predicted octanol–water partition coefficient (Wildman–Crippen LogP) is 2.94. The van der Waals surface area contributed by atoms with Gasteiger partial charge in [0.2, 0.25) is 0 Å². The van der Waals surface area contributed by atoms with E-state index in [0.717, 1.165) is 24.3 Å². The van der Waals surface area contributed by atoms with E-state index in [1.807, 2.05) is 0 Å². The van der Waals surface area contributed by atoms with Gasteiger partial charge in [-0.05, 0) is 35.4 Å². The van der Waals surface area contributed by atoms with Crippen LogP contribution in [0.25, 0.3) is 0 Å². The van der Waals surface area contributed by atoms with E-state index in [1.165, 1.54) is 12.1 Å². The Morgan fingerprint density at radius 3 is 1.25 bits per heavy atom. The second-order valence-electron chi connectivity index (χ2n) is 4.40. The van der Waals surface area contributed by atoms with Crippen molar-refractivity contribution in [3.63, 3.8) is 0 Å². The molecular weight excluding hydrogens is 272 g/mol. The molecule has 2 rings (SSSR count). The highest BCUT2D eigenvalue weighted by molar-refractivity contribution is 5.28. The average Bonchev–Trinajstić information content (AvgIpc) is 2.43. The van der Waals surface area contributed by atoms with E-state index in [1.54, 1.807) is 0 Å². The first-order chi connectivity index (χ1) is 9.40. The summed E-state index contributed by atoms with van der Waals surface area (Å²) in [4.78, 5) is 0. The van der Waals surface area contributed by atoms with Crippen molar-refractivity contribution in [3.8, 4) is 0 Å². The van der Waals surface area contributed by atoms with Crippen molar-refractivity contribution < 1.29 is 17.6 Å². The van der Waals surface area contributed by atoms with Gasteiger partial charge in [0.25, 0.3) is 0 Å². The molecule has 0 aromatic heterocycles. The quantitative estimate of drug-likeness (QED) is 0.851. The number of hydrogen-bond donors (Lipinski definition) is 2. The molecule has 0 spiro atoms. The van der Waals surface area contributed by atoms with Gasteiger partial charge < -0.3 is 11.5 Å². The van der Waals surface area contributed by atoms with Crippen LogP contribution in [0.4, 0.5) is 17.6 Å². The third-order valence-corrected chi connectivity index (χ3v) is 3.04. The zero-order chi connectivity index (χ0) is 14.9. The zero-order valence-electron chi connectivity index (χ0n) is 10.3. The predicted molar refractivity (Wildman–Crippen MR) is 66.6 cm³/mol. The van der Waals surface area contributed by atoms with Crippen LogP contribution < -0.4 is 11.5 Å². The topological polar surface area (TPSA) is 52.0 Å². The van der Waals surface area contributed by atoms with Crippen LogP contribution in [0.5, 0.6) is 0 Å². The van der Waals surface area contributed by atoms with Gasteiger partial charge in [-0.2, -0.15) is 0 Å². The third-order valence-electron chi connectivity index (χ3n) is 3.04. The number of nitrogens with two attached hydrogens (primary N) is 2. The first kappa shape index (κ1) is 14.5. The monoisotopic (exact) mass is 284 g/mol. The minimum atomic E-state index is -1.05. The SMILES string of the molecule is N[C@H](c1ccc(F)c(F)c1)[C@H](N)c1ccc(F)c(F)c1. The summed E-state index contributed by atoms with van der Waals surface area (Å²) in [7, 11) is 0. The minimum absolute atomic E-state index is 0.265. The molecule has 0 aliphatic heterocycles. The van der Waals surface area contributed by atoms with E-state index in [4.69, 9.17) is 11.5 Å². The van der Waals surface area contributed by atoms with E-state index >= 15 is 0 Å². The molecule has 0 aliphatic rings. The molecule has 4 N–H and O–H groups in total. The highest BCUT2D eigenvalue weighted by atomic mass is 19.2. The van der Waals surface area contributed by atoms with Crippen LogP contribution in [-0.4, -0.2) is 0 Å². The van der Waals surface area contributed by atoms with E-state index in [0.29, 0.717) is 0 Å². The summed E-state index contributed by atoms with van der Waals surface area (Å²) in [6, 6.07) is 4.56. The van der Waals surface area contributed by atoms with E-state index in [-0.39, 0.29) is 11.1 Å². The Balaban J connectivity index is 2.29. The van der Waals surface area contributed by atoms with Crippen molar-refractivity contribution >= 4 is 0 Å². The van der Waals surface area contributed by atoms with Gasteiger partial charge in [-0.3, -0.25) is 0 Å². The molecule has 2 atom stereocenters. The minimum Gasteiger partial charge on any atom is -0.322 e. The van der Waals surface area contributed by atoms with Gasteiger partial charge in [0.15, 0.2) is 23.3 Å². The molecule has 0 saturated carbocycles. The van der Waals surface area contributed by atoms with Crippen molar-refractivity contribution in [1.82, 2.24) is 0 Å². The van der Waals surface area contributed by atoms with Crippen LogP contribution in [-0.2, 0) is 0 Å². The molecule has 2 nitrogen and oxygen atoms in total. The molecule has 2 aromatic carbocycles. The molecule has 0 fully saturated rings. The summed E-state index contributed by atoms with van der Waals surface area (Å²) >= 11 is 0. The Labute approximate surface area is 113 Å². The van der Waals surface area contributed by atoms with E-state index < -0.39 is 35.4 Å². The largest absolute Gasteiger partial charge is 0.322 e. The molecule has 2 aromatic rings. The van der Waals surface area contributed by atoms with Crippen LogP contribution in [0.1, 0.15) is 23.2 Å². The molecule has 20 heavy (non-hydrogen) atoms. The van der Waals surface area contributed by atoms with Gasteiger partial charge >= 0.3 is 0 Å². The Kier molecular flexibility index (Phi) is 4.06. The Hall–Kier alpha value is -1.92. The molecule has 0 radical (unpaired) electrons. The highest BCUT2D eigenvalue weighted by Gasteiger charge is 2.20. The molecule has 0 aliphatic carbocycles. The van der Waals surface area contributed by atoms with Gasteiger partial charge in [-0.25, -0.2) is 17.6 Å². The summed E-state index contributed by atoms with van der Waals surface area (Å²) in [5.41, 5.74) is 12.2. The van der Waals surface area contributed by atoms with Gasteiger partial charge in [0.1, 0.15) is 0 Å². The van der Waals surface area contributed by atoms with Crippen LogP contribution >= 0.6 is 0 Å². The normalized spacial score (nSPS) is 14.1. The average molecular weight is 284 g/mol. The molecular formula is C14H12F4N2. The lowest BCUT2D eigenvalue weighted by Crippen LogP contribution is -2.26.